The predicted molar refractivity (Wildman–Crippen MR) is 80.6 cm³/mol. The Kier molecular flexibility index (Phi) is 8.62. The Bertz CT molecular complexity index is 247. The molecule has 1 aliphatic rings. The largest absolute Gasteiger partial charge is 0.271 e. The van der Waals surface area contributed by atoms with Gasteiger partial charge in [-0.25, -0.2) is 8.78 Å². The van der Waals surface area contributed by atoms with Crippen LogP contribution < -0.4 is 11.3 Å². The molecule has 120 valence electrons. The molecule has 2 unspecified atom stereocenters. The monoisotopic (exact) mass is 290 g/mol. The van der Waals surface area contributed by atoms with Gasteiger partial charge < -0.3 is 0 Å². The molecule has 0 aromatic heterocycles. The van der Waals surface area contributed by atoms with E-state index < -0.39 is 5.92 Å². The maximum atomic E-state index is 13.4. The van der Waals surface area contributed by atoms with E-state index in [0.717, 1.165) is 19.3 Å². The highest BCUT2D eigenvalue weighted by Gasteiger charge is 2.38. The number of unbranched alkanes of at least 4 members (excludes halogenated alkanes) is 6. The van der Waals surface area contributed by atoms with Crippen LogP contribution in [0, 0.1) is 5.92 Å². The van der Waals surface area contributed by atoms with Crippen LogP contribution in [0.15, 0.2) is 0 Å². The minimum absolute atomic E-state index is 0.0123. The molecule has 0 bridgehead atoms. The molecule has 0 amide bonds. The smallest absolute Gasteiger partial charge is 0.248 e. The van der Waals surface area contributed by atoms with Crippen LogP contribution in [0.5, 0.6) is 0 Å². The zero-order chi connectivity index (χ0) is 14.8. The fourth-order valence-corrected chi connectivity index (χ4v) is 3.33. The van der Waals surface area contributed by atoms with Gasteiger partial charge in [-0.05, 0) is 25.2 Å². The van der Waals surface area contributed by atoms with Crippen LogP contribution in [-0.2, 0) is 0 Å². The summed E-state index contributed by atoms with van der Waals surface area (Å²) in [5, 5.41) is 0. The second-order valence-electron chi connectivity index (χ2n) is 6.40. The molecule has 0 aliphatic heterocycles. The van der Waals surface area contributed by atoms with Gasteiger partial charge in [0.15, 0.2) is 0 Å². The summed E-state index contributed by atoms with van der Waals surface area (Å²) in [6.45, 7) is 2.22. The van der Waals surface area contributed by atoms with Crippen LogP contribution in [0.1, 0.15) is 84.0 Å². The molecule has 2 nitrogen and oxygen atoms in total. The Balaban J connectivity index is 2.16. The Morgan fingerprint density at radius 1 is 1.15 bits per heavy atom. The number of halogens is 2. The van der Waals surface area contributed by atoms with Crippen molar-refractivity contribution < 1.29 is 8.78 Å². The number of hydrazine groups is 1. The molecule has 20 heavy (non-hydrogen) atoms. The van der Waals surface area contributed by atoms with E-state index in [4.69, 9.17) is 5.84 Å². The SMILES string of the molecule is CCCCCCCCCC(NN)C1CCCC(F)(F)C1. The van der Waals surface area contributed by atoms with E-state index >= 15 is 0 Å². The van der Waals surface area contributed by atoms with E-state index in [1.807, 2.05) is 0 Å². The van der Waals surface area contributed by atoms with Crippen LogP contribution in [-0.4, -0.2) is 12.0 Å². The molecule has 1 saturated carbocycles. The summed E-state index contributed by atoms with van der Waals surface area (Å²) in [4.78, 5) is 0. The quantitative estimate of drug-likeness (QED) is 0.345. The number of nitrogens with two attached hydrogens (primary N) is 1. The van der Waals surface area contributed by atoms with E-state index in [1.54, 1.807) is 0 Å². The van der Waals surface area contributed by atoms with Crippen LogP contribution >= 0.6 is 0 Å². The first kappa shape index (κ1) is 17.8. The Hall–Kier alpha value is -0.220. The molecule has 1 fully saturated rings. The fourth-order valence-electron chi connectivity index (χ4n) is 3.33. The Morgan fingerprint density at radius 2 is 1.80 bits per heavy atom. The van der Waals surface area contributed by atoms with Crippen LogP contribution in [0.25, 0.3) is 0 Å². The van der Waals surface area contributed by atoms with Crippen molar-refractivity contribution in [2.75, 3.05) is 0 Å². The van der Waals surface area contributed by atoms with Gasteiger partial charge in [-0.1, -0.05) is 51.9 Å². The number of alkyl halides is 2. The third-order valence-corrected chi connectivity index (χ3v) is 4.58. The molecule has 1 rings (SSSR count). The lowest BCUT2D eigenvalue weighted by Crippen LogP contribution is -2.44. The summed E-state index contributed by atoms with van der Waals surface area (Å²) in [7, 11) is 0. The maximum Gasteiger partial charge on any atom is 0.248 e. The van der Waals surface area contributed by atoms with E-state index in [9.17, 15) is 8.78 Å². The normalized spacial score (nSPS) is 23.7. The molecule has 0 radical (unpaired) electrons. The van der Waals surface area contributed by atoms with Crippen molar-refractivity contribution in [3.8, 4) is 0 Å². The summed E-state index contributed by atoms with van der Waals surface area (Å²) in [6.07, 6.45) is 11.3. The lowest BCUT2D eigenvalue weighted by atomic mass is 9.80. The van der Waals surface area contributed by atoms with Crippen LogP contribution in [0.2, 0.25) is 0 Å². The van der Waals surface area contributed by atoms with E-state index in [2.05, 4.69) is 12.3 Å². The molecule has 0 heterocycles. The average Bonchev–Trinajstić information content (AvgIpc) is 2.41. The minimum atomic E-state index is -2.47. The first-order valence-electron chi connectivity index (χ1n) is 8.43. The van der Waals surface area contributed by atoms with Crippen molar-refractivity contribution >= 4 is 0 Å². The number of hydrogen-bond acceptors (Lipinski definition) is 2. The minimum Gasteiger partial charge on any atom is -0.271 e. The Labute approximate surface area is 122 Å². The van der Waals surface area contributed by atoms with E-state index in [1.165, 1.54) is 38.5 Å². The van der Waals surface area contributed by atoms with Gasteiger partial charge >= 0.3 is 0 Å². The van der Waals surface area contributed by atoms with Gasteiger partial charge in [-0.3, -0.25) is 11.3 Å². The summed E-state index contributed by atoms with van der Waals surface area (Å²) in [5.41, 5.74) is 2.79. The number of rotatable bonds is 10. The molecule has 2 atom stereocenters. The van der Waals surface area contributed by atoms with Crippen molar-refractivity contribution in [3.05, 3.63) is 0 Å². The molecule has 0 spiro atoms. The maximum absolute atomic E-state index is 13.4. The lowest BCUT2D eigenvalue weighted by Gasteiger charge is -2.34. The summed E-state index contributed by atoms with van der Waals surface area (Å²) < 4.78 is 26.9. The van der Waals surface area contributed by atoms with Crippen LogP contribution in [0.4, 0.5) is 8.78 Å². The third kappa shape index (κ3) is 6.98. The number of nitrogens with one attached hydrogen (secondary N) is 1. The topological polar surface area (TPSA) is 38.0 Å². The first-order chi connectivity index (χ1) is 9.59. The highest BCUT2D eigenvalue weighted by atomic mass is 19.3. The first-order valence-corrected chi connectivity index (χ1v) is 8.43. The van der Waals surface area contributed by atoms with E-state index in [0.29, 0.717) is 6.42 Å². The van der Waals surface area contributed by atoms with Crippen molar-refractivity contribution in [2.24, 2.45) is 11.8 Å². The van der Waals surface area contributed by atoms with Gasteiger partial charge in [0.1, 0.15) is 0 Å². The highest BCUT2D eigenvalue weighted by molar-refractivity contribution is 4.85. The van der Waals surface area contributed by atoms with Crippen molar-refractivity contribution in [1.82, 2.24) is 5.43 Å². The molecular formula is C16H32F2N2. The summed E-state index contributed by atoms with van der Waals surface area (Å²) in [5.74, 6) is 3.15. The Morgan fingerprint density at radius 3 is 2.40 bits per heavy atom. The second kappa shape index (κ2) is 9.67. The second-order valence-corrected chi connectivity index (χ2v) is 6.40. The number of hydrogen-bond donors (Lipinski definition) is 2. The van der Waals surface area contributed by atoms with Gasteiger partial charge in [-0.2, -0.15) is 0 Å². The zero-order valence-corrected chi connectivity index (χ0v) is 13.0. The fraction of sp³-hybridized carbons (Fsp3) is 1.00. The summed E-state index contributed by atoms with van der Waals surface area (Å²) >= 11 is 0. The van der Waals surface area contributed by atoms with Gasteiger partial charge in [0.05, 0.1) is 0 Å². The van der Waals surface area contributed by atoms with Crippen molar-refractivity contribution in [2.45, 2.75) is 95.9 Å². The lowest BCUT2D eigenvalue weighted by molar-refractivity contribution is -0.0586. The zero-order valence-electron chi connectivity index (χ0n) is 13.0. The highest BCUT2D eigenvalue weighted by Crippen LogP contribution is 2.38. The average molecular weight is 290 g/mol. The standard InChI is InChI=1S/C16H32F2N2/c1-2-3-4-5-6-7-8-11-15(20-19)14-10-9-12-16(17,18)13-14/h14-15,20H,2-13,19H2,1H3. The predicted octanol–water partition coefficient (Wildman–Crippen LogP) is 4.78. The van der Waals surface area contributed by atoms with Gasteiger partial charge in [0.2, 0.25) is 5.92 Å². The van der Waals surface area contributed by atoms with Gasteiger partial charge in [-0.15, -0.1) is 0 Å². The molecule has 3 N–H and O–H groups in total. The third-order valence-electron chi connectivity index (χ3n) is 4.58. The van der Waals surface area contributed by atoms with Crippen LogP contribution in [0.3, 0.4) is 0 Å². The molecule has 1 aliphatic carbocycles. The molecule has 0 aromatic carbocycles. The molecule has 0 aromatic rings. The molecular weight excluding hydrogens is 258 g/mol. The van der Waals surface area contributed by atoms with Crippen molar-refractivity contribution in [3.63, 3.8) is 0 Å². The van der Waals surface area contributed by atoms with Crippen molar-refractivity contribution in [1.29, 1.82) is 0 Å². The van der Waals surface area contributed by atoms with E-state index in [-0.39, 0.29) is 24.8 Å². The molecule has 4 heteroatoms. The van der Waals surface area contributed by atoms with Gasteiger partial charge in [0.25, 0.3) is 0 Å². The molecule has 0 saturated heterocycles. The summed E-state index contributed by atoms with van der Waals surface area (Å²) in [6, 6.07) is 0.0665. The van der Waals surface area contributed by atoms with Gasteiger partial charge in [0, 0.05) is 18.9 Å².